The molecule has 0 aromatic heterocycles. The topological polar surface area (TPSA) is 64.6 Å². The molecule has 0 bridgehead atoms. The first-order valence-electron chi connectivity index (χ1n) is 5.84. The maximum Gasteiger partial charge on any atom is 0.408 e. The third-order valence-corrected chi connectivity index (χ3v) is 2.21. The molecule has 19 heavy (non-hydrogen) atoms. The highest BCUT2D eigenvalue weighted by atomic mass is 16.6. The largest absolute Gasteiger partial charge is 0.467 e. The highest BCUT2D eigenvalue weighted by Gasteiger charge is 2.40. The summed E-state index contributed by atoms with van der Waals surface area (Å²) in [5.41, 5.74) is -2.01. The minimum atomic E-state index is -1.34. The van der Waals surface area contributed by atoms with Crippen molar-refractivity contribution in [1.82, 2.24) is 5.32 Å². The Hall–Kier alpha value is -1.96. The van der Waals surface area contributed by atoms with Gasteiger partial charge < -0.3 is 14.8 Å². The van der Waals surface area contributed by atoms with Crippen molar-refractivity contribution in [3.63, 3.8) is 0 Å². The van der Waals surface area contributed by atoms with Gasteiger partial charge in [-0.05, 0) is 20.8 Å². The minimum absolute atomic E-state index is 0.00899. The number of terminal acetylenes is 1. The Morgan fingerprint density at radius 2 is 2.00 bits per heavy atom. The molecular formula is C14H21NO4. The quantitative estimate of drug-likeness (QED) is 0.470. The van der Waals surface area contributed by atoms with Crippen LogP contribution >= 0.6 is 0 Å². The smallest absolute Gasteiger partial charge is 0.408 e. The number of hydrogen-bond acceptors (Lipinski definition) is 4. The summed E-state index contributed by atoms with van der Waals surface area (Å²) in [6, 6.07) is 0. The summed E-state index contributed by atoms with van der Waals surface area (Å²) in [7, 11) is 1.23. The summed E-state index contributed by atoms with van der Waals surface area (Å²) < 4.78 is 9.82. The van der Waals surface area contributed by atoms with Crippen LogP contribution in [0.5, 0.6) is 0 Å². The van der Waals surface area contributed by atoms with Gasteiger partial charge in [0, 0.05) is 12.8 Å². The van der Waals surface area contributed by atoms with Crippen LogP contribution in [0.3, 0.4) is 0 Å². The molecular weight excluding hydrogens is 246 g/mol. The van der Waals surface area contributed by atoms with E-state index < -0.39 is 23.2 Å². The van der Waals surface area contributed by atoms with Crippen LogP contribution in [0.15, 0.2) is 12.7 Å². The third kappa shape index (κ3) is 5.47. The summed E-state index contributed by atoms with van der Waals surface area (Å²) in [6.45, 7) is 8.73. The summed E-state index contributed by atoms with van der Waals surface area (Å²) in [5, 5.41) is 2.49. The summed E-state index contributed by atoms with van der Waals surface area (Å²) in [5.74, 6) is 1.73. The van der Waals surface area contributed by atoms with Crippen LogP contribution in [0.25, 0.3) is 0 Å². The van der Waals surface area contributed by atoms with Gasteiger partial charge in [-0.15, -0.1) is 18.9 Å². The molecule has 0 aliphatic heterocycles. The predicted molar refractivity (Wildman–Crippen MR) is 72.4 cm³/mol. The van der Waals surface area contributed by atoms with Crippen LogP contribution in [0, 0.1) is 12.3 Å². The zero-order valence-electron chi connectivity index (χ0n) is 11.9. The number of carbonyl (C=O) groups is 2. The molecule has 106 valence electrons. The first-order chi connectivity index (χ1) is 8.70. The molecule has 5 nitrogen and oxygen atoms in total. The van der Waals surface area contributed by atoms with Crippen LogP contribution in [0.4, 0.5) is 4.79 Å². The standard InChI is InChI=1S/C14H21NO4/c1-7-9-14(10-8-2,11(16)18-6)15-12(17)19-13(3,4)5/h1,8H,2,9-10H2,3-6H3,(H,15,17). The first kappa shape index (κ1) is 17.0. The lowest BCUT2D eigenvalue weighted by Crippen LogP contribution is -2.55. The van der Waals surface area contributed by atoms with Gasteiger partial charge in [-0.1, -0.05) is 6.08 Å². The van der Waals surface area contributed by atoms with E-state index in [1.165, 1.54) is 13.2 Å². The third-order valence-electron chi connectivity index (χ3n) is 2.21. The Morgan fingerprint density at radius 1 is 1.42 bits per heavy atom. The van der Waals surface area contributed by atoms with Gasteiger partial charge in [-0.3, -0.25) is 0 Å². The van der Waals surface area contributed by atoms with Gasteiger partial charge in [0.05, 0.1) is 7.11 Å². The van der Waals surface area contributed by atoms with Crippen molar-refractivity contribution in [3.8, 4) is 12.3 Å². The molecule has 1 amide bonds. The van der Waals surface area contributed by atoms with E-state index in [-0.39, 0.29) is 12.8 Å². The van der Waals surface area contributed by atoms with E-state index >= 15 is 0 Å². The van der Waals surface area contributed by atoms with Gasteiger partial charge in [-0.2, -0.15) is 0 Å². The number of rotatable bonds is 5. The van der Waals surface area contributed by atoms with Crippen LogP contribution in [-0.2, 0) is 14.3 Å². The zero-order chi connectivity index (χ0) is 15.1. The van der Waals surface area contributed by atoms with Gasteiger partial charge in [0.2, 0.25) is 0 Å². The van der Waals surface area contributed by atoms with Crippen LogP contribution in [0.1, 0.15) is 33.6 Å². The highest BCUT2D eigenvalue weighted by Crippen LogP contribution is 2.19. The molecule has 0 aromatic carbocycles. The molecule has 0 saturated carbocycles. The molecule has 1 N–H and O–H groups in total. The van der Waals surface area contributed by atoms with Gasteiger partial charge >= 0.3 is 12.1 Å². The van der Waals surface area contributed by atoms with Gasteiger partial charge in [0.25, 0.3) is 0 Å². The monoisotopic (exact) mass is 267 g/mol. The Morgan fingerprint density at radius 3 is 2.37 bits per heavy atom. The van der Waals surface area contributed by atoms with Crippen LogP contribution in [0.2, 0.25) is 0 Å². The van der Waals surface area contributed by atoms with Gasteiger partial charge in [0.15, 0.2) is 5.54 Å². The van der Waals surface area contributed by atoms with E-state index in [0.29, 0.717) is 0 Å². The van der Waals surface area contributed by atoms with Gasteiger partial charge in [0.1, 0.15) is 5.60 Å². The Bertz CT molecular complexity index is 389. The number of hydrogen-bond donors (Lipinski definition) is 1. The number of methoxy groups -OCH3 is 1. The van der Waals surface area contributed by atoms with E-state index in [4.69, 9.17) is 15.9 Å². The molecule has 5 heteroatoms. The first-order valence-corrected chi connectivity index (χ1v) is 5.84. The minimum Gasteiger partial charge on any atom is -0.467 e. The van der Waals surface area contributed by atoms with E-state index in [1.54, 1.807) is 20.8 Å². The van der Waals surface area contributed by atoms with Crippen molar-refractivity contribution >= 4 is 12.1 Å². The SMILES string of the molecule is C#CCC(CC=C)(NC(=O)OC(C)(C)C)C(=O)OC. The Kier molecular flexibility index (Phi) is 6.13. The number of esters is 1. The maximum absolute atomic E-state index is 11.9. The van der Waals surface area contributed by atoms with E-state index in [1.807, 2.05) is 0 Å². The maximum atomic E-state index is 11.9. The van der Waals surface area contributed by atoms with E-state index in [2.05, 4.69) is 17.8 Å². The Labute approximate surface area is 114 Å². The summed E-state index contributed by atoms with van der Waals surface area (Å²) >= 11 is 0. The van der Waals surface area contributed by atoms with Crippen molar-refractivity contribution in [2.45, 2.75) is 44.8 Å². The van der Waals surface area contributed by atoms with E-state index in [0.717, 1.165) is 0 Å². The average Bonchev–Trinajstić information content (AvgIpc) is 2.25. The second-order valence-electron chi connectivity index (χ2n) is 5.07. The molecule has 0 rings (SSSR count). The lowest BCUT2D eigenvalue weighted by atomic mass is 9.91. The van der Waals surface area contributed by atoms with Gasteiger partial charge in [-0.25, -0.2) is 9.59 Å². The van der Waals surface area contributed by atoms with Crippen LogP contribution < -0.4 is 5.32 Å². The normalized spacial score (nSPS) is 13.6. The molecule has 0 aromatic rings. The summed E-state index contributed by atoms with van der Waals surface area (Å²) in [6.07, 6.45) is 6.17. The van der Waals surface area contributed by atoms with E-state index in [9.17, 15) is 9.59 Å². The van der Waals surface area contributed by atoms with Crippen molar-refractivity contribution in [3.05, 3.63) is 12.7 Å². The number of amides is 1. The lowest BCUT2D eigenvalue weighted by molar-refractivity contribution is -0.148. The molecule has 0 fully saturated rings. The fourth-order valence-corrected chi connectivity index (χ4v) is 1.49. The number of carbonyl (C=O) groups excluding carboxylic acids is 2. The average molecular weight is 267 g/mol. The zero-order valence-corrected chi connectivity index (χ0v) is 11.9. The molecule has 1 unspecified atom stereocenters. The predicted octanol–water partition coefficient (Wildman–Crippen LogP) is 2.02. The number of ether oxygens (including phenoxy) is 2. The number of nitrogens with one attached hydrogen (secondary N) is 1. The number of alkyl carbamates (subject to hydrolysis) is 1. The van der Waals surface area contributed by atoms with Crippen molar-refractivity contribution < 1.29 is 19.1 Å². The molecule has 0 saturated heterocycles. The second kappa shape index (κ2) is 6.83. The summed E-state index contributed by atoms with van der Waals surface area (Å²) in [4.78, 5) is 23.7. The highest BCUT2D eigenvalue weighted by molar-refractivity contribution is 5.86. The molecule has 0 heterocycles. The van der Waals surface area contributed by atoms with Crippen molar-refractivity contribution in [1.29, 1.82) is 0 Å². The lowest BCUT2D eigenvalue weighted by Gasteiger charge is -2.30. The Balaban J connectivity index is 5.14. The fraction of sp³-hybridized carbons (Fsp3) is 0.571. The molecule has 0 radical (unpaired) electrons. The van der Waals surface area contributed by atoms with Crippen molar-refractivity contribution in [2.75, 3.05) is 7.11 Å². The van der Waals surface area contributed by atoms with Crippen LogP contribution in [-0.4, -0.2) is 30.3 Å². The molecule has 0 spiro atoms. The molecule has 0 aliphatic rings. The second-order valence-corrected chi connectivity index (χ2v) is 5.07. The van der Waals surface area contributed by atoms with Crippen molar-refractivity contribution in [2.24, 2.45) is 0 Å². The molecule has 0 aliphatic carbocycles. The fourth-order valence-electron chi connectivity index (χ4n) is 1.49. The molecule has 1 atom stereocenters.